The van der Waals surface area contributed by atoms with Gasteiger partial charge in [0.1, 0.15) is 16.5 Å². The van der Waals surface area contributed by atoms with Gasteiger partial charge >= 0.3 is 0 Å². The average Bonchev–Trinajstić information content (AvgIpc) is 2.70. The van der Waals surface area contributed by atoms with Gasteiger partial charge in [0.05, 0.1) is 16.9 Å². The summed E-state index contributed by atoms with van der Waals surface area (Å²) in [6.45, 7) is 0. The molecule has 18 heavy (non-hydrogen) atoms. The largest absolute Gasteiger partial charge is 0.383 e. The van der Waals surface area contributed by atoms with Gasteiger partial charge in [0.25, 0.3) is 10.0 Å². The Morgan fingerprint density at radius 3 is 2.72 bits per heavy atom. The topological polar surface area (TPSA) is 101 Å². The van der Waals surface area contributed by atoms with Crippen LogP contribution in [0.2, 0.25) is 5.02 Å². The normalized spacial score (nSPS) is 11.4. The van der Waals surface area contributed by atoms with Gasteiger partial charge in [0.2, 0.25) is 0 Å². The van der Waals surface area contributed by atoms with E-state index in [1.54, 1.807) is 0 Å². The minimum atomic E-state index is -3.88. The summed E-state index contributed by atoms with van der Waals surface area (Å²) in [5.41, 5.74) is 5.54. The molecule has 0 unspecified atom stereocenters. The second-order valence-corrected chi connectivity index (χ2v) is 5.44. The highest BCUT2D eigenvalue weighted by Crippen LogP contribution is 2.23. The van der Waals surface area contributed by atoms with Crippen molar-refractivity contribution < 1.29 is 12.8 Å². The molecule has 0 aliphatic heterocycles. The molecule has 4 N–H and O–H groups in total. The van der Waals surface area contributed by atoms with E-state index in [1.807, 2.05) is 0 Å². The van der Waals surface area contributed by atoms with Crippen molar-refractivity contribution in [2.24, 2.45) is 0 Å². The first kappa shape index (κ1) is 12.7. The highest BCUT2D eigenvalue weighted by Gasteiger charge is 2.19. The van der Waals surface area contributed by atoms with Gasteiger partial charge in [-0.05, 0) is 18.2 Å². The standard InChI is InChI=1S/C9H8ClFN4O2S/c10-6-3-5(1-2-7(6)11)15-18(16,17)8-4-13-14-9(8)12/h1-4,15H,(H3,12,13,14). The summed E-state index contributed by atoms with van der Waals surface area (Å²) in [5.74, 6) is -0.724. The molecule has 2 aromatic rings. The van der Waals surface area contributed by atoms with E-state index >= 15 is 0 Å². The molecule has 0 saturated carbocycles. The number of sulfonamides is 1. The van der Waals surface area contributed by atoms with Crippen LogP contribution < -0.4 is 10.5 Å². The highest BCUT2D eigenvalue weighted by atomic mass is 35.5. The van der Waals surface area contributed by atoms with Gasteiger partial charge in [-0.2, -0.15) is 5.10 Å². The Morgan fingerprint density at radius 2 is 2.17 bits per heavy atom. The third-order valence-electron chi connectivity index (χ3n) is 2.09. The van der Waals surface area contributed by atoms with Crippen molar-refractivity contribution in [3.8, 4) is 0 Å². The van der Waals surface area contributed by atoms with E-state index in [1.165, 1.54) is 6.07 Å². The number of aromatic nitrogens is 2. The van der Waals surface area contributed by atoms with Crippen molar-refractivity contribution in [2.75, 3.05) is 10.5 Å². The van der Waals surface area contributed by atoms with E-state index in [9.17, 15) is 12.8 Å². The van der Waals surface area contributed by atoms with Crippen molar-refractivity contribution >= 4 is 33.1 Å². The lowest BCUT2D eigenvalue weighted by Crippen LogP contribution is -2.13. The summed E-state index contributed by atoms with van der Waals surface area (Å²) < 4.78 is 38.9. The number of H-pyrrole nitrogens is 1. The van der Waals surface area contributed by atoms with Crippen molar-refractivity contribution in [2.45, 2.75) is 4.90 Å². The number of benzene rings is 1. The molecule has 0 bridgehead atoms. The first-order chi connectivity index (χ1) is 8.40. The van der Waals surface area contributed by atoms with Crippen LogP contribution in [-0.4, -0.2) is 18.6 Å². The third-order valence-corrected chi connectivity index (χ3v) is 3.79. The molecule has 0 saturated heterocycles. The van der Waals surface area contributed by atoms with Gasteiger partial charge < -0.3 is 5.73 Å². The lowest BCUT2D eigenvalue weighted by molar-refractivity contribution is 0.601. The average molecular weight is 291 g/mol. The van der Waals surface area contributed by atoms with Crippen LogP contribution in [0.1, 0.15) is 0 Å². The fraction of sp³-hybridized carbons (Fsp3) is 0. The summed E-state index contributed by atoms with van der Waals surface area (Å²) in [6.07, 6.45) is 1.07. The maximum atomic E-state index is 12.9. The molecule has 2 rings (SSSR count). The minimum absolute atomic E-state index is 0.0873. The number of hydrogen-bond acceptors (Lipinski definition) is 4. The Balaban J connectivity index is 2.34. The van der Waals surface area contributed by atoms with Gasteiger partial charge in [-0.3, -0.25) is 9.82 Å². The molecule has 0 fully saturated rings. The fourth-order valence-corrected chi connectivity index (χ4v) is 2.52. The molecule has 0 atom stereocenters. The predicted molar refractivity (Wildman–Crippen MR) is 65.2 cm³/mol. The van der Waals surface area contributed by atoms with E-state index in [0.29, 0.717) is 0 Å². The summed E-state index contributed by atoms with van der Waals surface area (Å²) in [7, 11) is -3.88. The molecule has 1 aromatic heterocycles. The summed E-state index contributed by atoms with van der Waals surface area (Å²) in [4.78, 5) is -0.192. The van der Waals surface area contributed by atoms with Crippen LogP contribution >= 0.6 is 11.6 Å². The zero-order valence-corrected chi connectivity index (χ0v) is 10.4. The summed E-state index contributed by atoms with van der Waals surface area (Å²) in [6, 6.07) is 3.46. The van der Waals surface area contributed by atoms with Gasteiger partial charge in [0, 0.05) is 0 Å². The second kappa shape index (κ2) is 4.46. The molecule has 96 valence electrons. The van der Waals surface area contributed by atoms with E-state index in [2.05, 4.69) is 14.9 Å². The van der Waals surface area contributed by atoms with Gasteiger partial charge in [-0.1, -0.05) is 11.6 Å². The Morgan fingerprint density at radius 1 is 1.44 bits per heavy atom. The summed E-state index contributed by atoms with van der Waals surface area (Å²) in [5, 5.41) is 5.62. The van der Waals surface area contributed by atoms with Crippen LogP contribution in [0.3, 0.4) is 0 Å². The molecule has 6 nitrogen and oxygen atoms in total. The molecular weight excluding hydrogens is 283 g/mol. The number of rotatable bonds is 3. The van der Waals surface area contributed by atoms with Crippen molar-refractivity contribution in [1.82, 2.24) is 10.2 Å². The lowest BCUT2D eigenvalue weighted by atomic mass is 10.3. The zero-order valence-electron chi connectivity index (χ0n) is 8.81. The number of halogens is 2. The first-order valence-electron chi connectivity index (χ1n) is 4.67. The number of aromatic amines is 1. The summed E-state index contributed by atoms with van der Waals surface area (Å²) >= 11 is 5.55. The minimum Gasteiger partial charge on any atom is -0.383 e. The zero-order chi connectivity index (χ0) is 13.3. The van der Waals surface area contributed by atoms with Crippen LogP contribution in [0.15, 0.2) is 29.3 Å². The molecule has 1 heterocycles. The number of hydrogen-bond donors (Lipinski definition) is 3. The van der Waals surface area contributed by atoms with E-state index in [4.69, 9.17) is 17.3 Å². The van der Waals surface area contributed by atoms with E-state index in [-0.39, 0.29) is 21.4 Å². The molecule has 0 radical (unpaired) electrons. The van der Waals surface area contributed by atoms with Crippen LogP contribution in [0.5, 0.6) is 0 Å². The number of nitrogens with zero attached hydrogens (tertiary/aromatic N) is 1. The first-order valence-corrected chi connectivity index (χ1v) is 6.53. The number of anilines is 2. The van der Waals surface area contributed by atoms with E-state index in [0.717, 1.165) is 18.3 Å². The lowest BCUT2D eigenvalue weighted by Gasteiger charge is -2.07. The Hall–Kier alpha value is -1.80. The van der Waals surface area contributed by atoms with Crippen molar-refractivity contribution in [1.29, 1.82) is 0 Å². The molecular formula is C9H8ClFN4O2S. The monoisotopic (exact) mass is 290 g/mol. The van der Waals surface area contributed by atoms with E-state index < -0.39 is 15.8 Å². The number of nitrogens with one attached hydrogen (secondary N) is 2. The van der Waals surface area contributed by atoms with Crippen molar-refractivity contribution in [3.63, 3.8) is 0 Å². The SMILES string of the molecule is Nc1[nH]ncc1S(=O)(=O)Nc1ccc(F)c(Cl)c1. The van der Waals surface area contributed by atoms with Crippen molar-refractivity contribution in [3.05, 3.63) is 35.2 Å². The maximum Gasteiger partial charge on any atom is 0.267 e. The molecule has 9 heteroatoms. The molecule has 0 aliphatic rings. The van der Waals surface area contributed by atoms with Gasteiger partial charge in [-0.15, -0.1) is 0 Å². The van der Waals surface area contributed by atoms with Crippen LogP contribution in [-0.2, 0) is 10.0 Å². The van der Waals surface area contributed by atoms with Gasteiger partial charge in [-0.25, -0.2) is 12.8 Å². The molecule has 0 aliphatic carbocycles. The Bertz CT molecular complexity index is 686. The van der Waals surface area contributed by atoms with Crippen LogP contribution in [0.25, 0.3) is 0 Å². The smallest absolute Gasteiger partial charge is 0.267 e. The quantitative estimate of drug-likeness (QED) is 0.799. The van der Waals surface area contributed by atoms with Gasteiger partial charge in [0.15, 0.2) is 0 Å². The fourth-order valence-electron chi connectivity index (χ4n) is 1.27. The Kier molecular flexibility index (Phi) is 3.14. The maximum absolute atomic E-state index is 12.9. The second-order valence-electron chi connectivity index (χ2n) is 3.38. The molecule has 0 spiro atoms. The predicted octanol–water partition coefficient (Wildman–Crippen LogP) is 1.59. The number of nitrogen functional groups attached to an aromatic ring is 1. The third kappa shape index (κ3) is 2.39. The Labute approximate surface area is 107 Å². The number of nitrogens with two attached hydrogens (primary N) is 1. The van der Waals surface area contributed by atoms with Crippen LogP contribution in [0, 0.1) is 5.82 Å². The highest BCUT2D eigenvalue weighted by molar-refractivity contribution is 7.92. The van der Waals surface area contributed by atoms with Crippen LogP contribution in [0.4, 0.5) is 15.9 Å². The molecule has 0 amide bonds. The molecule has 1 aromatic carbocycles.